The van der Waals surface area contributed by atoms with Crippen LogP contribution < -0.4 is 0 Å². The second-order valence-corrected chi connectivity index (χ2v) is 8.52. The first-order valence-corrected chi connectivity index (χ1v) is 10.8. The van der Waals surface area contributed by atoms with Crippen molar-refractivity contribution in [2.24, 2.45) is 7.05 Å². The molecule has 0 fully saturated rings. The Hall–Kier alpha value is -2.79. The molecule has 0 radical (unpaired) electrons. The Morgan fingerprint density at radius 3 is 2.48 bits per heavy atom. The minimum absolute atomic E-state index is 0.0734. The molecule has 1 N–H and O–H groups in total. The first-order valence-electron chi connectivity index (χ1n) is 10.1. The number of nitrogens with zero attached hydrogens (tertiary/aromatic N) is 2. The van der Waals surface area contributed by atoms with Crippen LogP contribution in [0, 0.1) is 0 Å². The number of benzene rings is 3. The Kier molecular flexibility index (Phi) is 5.01. The standard InChI is InChI=1S/C25H20Cl2N2O2/c1-28-21-9-5-4-8-19(21)22(23(28)18-11-10-15(26)14-20(18)27)24-16-6-2-3-7-17(16)25(31)29(24)12-13-30/h2-11,14,24,30H,12-13H2,1H3. The van der Waals surface area contributed by atoms with Crippen LogP contribution in [0.5, 0.6) is 0 Å². The lowest BCUT2D eigenvalue weighted by atomic mass is 9.93. The fourth-order valence-corrected chi connectivity index (χ4v) is 5.22. The number of carbonyl (C=O) groups excluding carboxylic acids is 1. The molecule has 1 aliphatic heterocycles. The van der Waals surface area contributed by atoms with Crippen molar-refractivity contribution in [1.29, 1.82) is 0 Å². The summed E-state index contributed by atoms with van der Waals surface area (Å²) in [6, 6.07) is 20.9. The van der Waals surface area contributed by atoms with Crippen LogP contribution in [0.2, 0.25) is 10.0 Å². The van der Waals surface area contributed by atoms with Crippen molar-refractivity contribution in [2.45, 2.75) is 6.04 Å². The summed E-state index contributed by atoms with van der Waals surface area (Å²) in [5.41, 5.74) is 5.42. The fourth-order valence-electron chi connectivity index (χ4n) is 4.73. The van der Waals surface area contributed by atoms with E-state index in [1.54, 1.807) is 11.0 Å². The molecule has 4 nitrogen and oxygen atoms in total. The lowest BCUT2D eigenvalue weighted by Gasteiger charge is -2.26. The SMILES string of the molecule is Cn1c(-c2ccc(Cl)cc2Cl)c(C2c3ccccc3C(=O)N2CCO)c2ccccc21. The predicted octanol–water partition coefficient (Wildman–Crippen LogP) is 5.69. The van der Waals surface area contributed by atoms with Gasteiger partial charge >= 0.3 is 0 Å². The molecule has 156 valence electrons. The van der Waals surface area contributed by atoms with Crippen molar-refractivity contribution >= 4 is 40.0 Å². The third-order valence-corrected chi connectivity index (χ3v) is 6.55. The highest BCUT2D eigenvalue weighted by Gasteiger charge is 2.40. The van der Waals surface area contributed by atoms with E-state index in [9.17, 15) is 9.90 Å². The maximum Gasteiger partial charge on any atom is 0.255 e. The number of aliphatic hydroxyl groups is 1. The number of halogens is 2. The summed E-state index contributed by atoms with van der Waals surface area (Å²) in [5, 5.41) is 11.9. The van der Waals surface area contributed by atoms with Gasteiger partial charge in [0.15, 0.2) is 0 Å². The Bertz CT molecular complexity index is 1330. The largest absolute Gasteiger partial charge is 0.395 e. The van der Waals surface area contributed by atoms with Gasteiger partial charge in [0, 0.05) is 46.2 Å². The van der Waals surface area contributed by atoms with Gasteiger partial charge in [0.2, 0.25) is 0 Å². The van der Waals surface area contributed by atoms with E-state index in [2.05, 4.69) is 16.7 Å². The van der Waals surface area contributed by atoms with E-state index in [4.69, 9.17) is 23.2 Å². The molecule has 1 aliphatic rings. The lowest BCUT2D eigenvalue weighted by molar-refractivity contribution is 0.0713. The number of rotatable bonds is 4. The summed E-state index contributed by atoms with van der Waals surface area (Å²) in [6.45, 7) is 0.132. The molecule has 0 aliphatic carbocycles. The van der Waals surface area contributed by atoms with Crippen LogP contribution in [0.1, 0.15) is 27.5 Å². The summed E-state index contributed by atoms with van der Waals surface area (Å²) in [6.07, 6.45) is 0. The van der Waals surface area contributed by atoms with E-state index >= 15 is 0 Å². The number of hydrogen-bond donors (Lipinski definition) is 1. The smallest absolute Gasteiger partial charge is 0.255 e. The Labute approximate surface area is 190 Å². The number of fused-ring (bicyclic) bond motifs is 2. The Morgan fingerprint density at radius 1 is 0.968 bits per heavy atom. The first kappa shape index (κ1) is 20.1. The van der Waals surface area contributed by atoms with Crippen LogP contribution >= 0.6 is 23.2 Å². The summed E-state index contributed by atoms with van der Waals surface area (Å²) in [5.74, 6) is -0.0734. The number of β-amino-alcohol motifs (C(OH)–C–C–N with tert-alkyl or cyclic N) is 1. The lowest BCUT2D eigenvalue weighted by Crippen LogP contribution is -2.31. The molecular formula is C25H20Cl2N2O2. The van der Waals surface area contributed by atoms with Crippen LogP contribution in [0.4, 0.5) is 0 Å². The number of aryl methyl sites for hydroxylation is 1. The maximum absolute atomic E-state index is 13.2. The molecule has 1 atom stereocenters. The minimum Gasteiger partial charge on any atom is -0.395 e. The van der Waals surface area contributed by atoms with Gasteiger partial charge in [0.25, 0.3) is 5.91 Å². The van der Waals surface area contributed by atoms with Crippen molar-refractivity contribution in [3.8, 4) is 11.3 Å². The van der Waals surface area contributed by atoms with Crippen LogP contribution in [-0.4, -0.2) is 33.6 Å². The van der Waals surface area contributed by atoms with Crippen molar-refractivity contribution < 1.29 is 9.90 Å². The Balaban J connectivity index is 1.87. The topological polar surface area (TPSA) is 45.5 Å². The highest BCUT2D eigenvalue weighted by Crippen LogP contribution is 2.47. The van der Waals surface area contributed by atoms with Crippen LogP contribution in [0.3, 0.4) is 0 Å². The Morgan fingerprint density at radius 2 is 1.71 bits per heavy atom. The third-order valence-electron chi connectivity index (χ3n) is 6.01. The van der Waals surface area contributed by atoms with E-state index in [-0.39, 0.29) is 25.1 Å². The van der Waals surface area contributed by atoms with Gasteiger partial charge in [-0.25, -0.2) is 0 Å². The van der Waals surface area contributed by atoms with E-state index in [1.807, 2.05) is 55.6 Å². The van der Waals surface area contributed by atoms with Gasteiger partial charge in [0.1, 0.15) is 0 Å². The highest BCUT2D eigenvalue weighted by atomic mass is 35.5. The molecule has 0 saturated heterocycles. The fraction of sp³-hybridized carbons (Fsp3) is 0.160. The van der Waals surface area contributed by atoms with Gasteiger partial charge in [-0.3, -0.25) is 4.79 Å². The van der Waals surface area contributed by atoms with E-state index in [0.717, 1.165) is 33.3 Å². The predicted molar refractivity (Wildman–Crippen MR) is 125 cm³/mol. The number of aliphatic hydroxyl groups excluding tert-OH is 1. The molecule has 6 heteroatoms. The zero-order valence-electron chi connectivity index (χ0n) is 16.8. The van der Waals surface area contributed by atoms with Gasteiger partial charge in [-0.05, 0) is 35.9 Å². The number of para-hydroxylation sites is 1. The van der Waals surface area contributed by atoms with Crippen molar-refractivity contribution in [1.82, 2.24) is 9.47 Å². The number of amides is 1. The summed E-state index contributed by atoms with van der Waals surface area (Å²) in [4.78, 5) is 15.0. The zero-order chi connectivity index (χ0) is 21.7. The first-order chi connectivity index (χ1) is 15.0. The summed E-state index contributed by atoms with van der Waals surface area (Å²) >= 11 is 12.8. The molecule has 1 unspecified atom stereocenters. The average Bonchev–Trinajstić information content (AvgIpc) is 3.20. The molecule has 3 aromatic carbocycles. The highest BCUT2D eigenvalue weighted by molar-refractivity contribution is 6.36. The van der Waals surface area contributed by atoms with Crippen LogP contribution in [-0.2, 0) is 7.05 Å². The zero-order valence-corrected chi connectivity index (χ0v) is 18.4. The monoisotopic (exact) mass is 450 g/mol. The van der Waals surface area contributed by atoms with E-state index in [0.29, 0.717) is 15.6 Å². The summed E-state index contributed by atoms with van der Waals surface area (Å²) < 4.78 is 2.11. The molecule has 1 aromatic heterocycles. The molecule has 0 spiro atoms. The summed E-state index contributed by atoms with van der Waals surface area (Å²) in [7, 11) is 2.01. The number of carbonyl (C=O) groups is 1. The van der Waals surface area contributed by atoms with E-state index < -0.39 is 0 Å². The molecule has 5 rings (SSSR count). The van der Waals surface area contributed by atoms with Crippen molar-refractivity contribution in [3.63, 3.8) is 0 Å². The van der Waals surface area contributed by atoms with Gasteiger partial charge in [-0.2, -0.15) is 0 Å². The third kappa shape index (κ3) is 3.06. The van der Waals surface area contributed by atoms with Crippen LogP contribution in [0.25, 0.3) is 22.2 Å². The second-order valence-electron chi connectivity index (χ2n) is 7.67. The number of aromatic nitrogens is 1. The second kappa shape index (κ2) is 7.72. The molecule has 0 bridgehead atoms. The minimum atomic E-state index is -0.330. The van der Waals surface area contributed by atoms with Gasteiger partial charge in [-0.1, -0.05) is 59.6 Å². The molecule has 4 aromatic rings. The van der Waals surface area contributed by atoms with Gasteiger partial charge < -0.3 is 14.6 Å². The molecular weight excluding hydrogens is 431 g/mol. The average molecular weight is 451 g/mol. The quantitative estimate of drug-likeness (QED) is 0.433. The maximum atomic E-state index is 13.2. The van der Waals surface area contributed by atoms with Crippen LogP contribution in [0.15, 0.2) is 66.7 Å². The van der Waals surface area contributed by atoms with Crippen molar-refractivity contribution in [2.75, 3.05) is 13.2 Å². The molecule has 31 heavy (non-hydrogen) atoms. The van der Waals surface area contributed by atoms with E-state index in [1.165, 1.54) is 0 Å². The molecule has 1 amide bonds. The molecule has 0 saturated carbocycles. The van der Waals surface area contributed by atoms with Gasteiger partial charge in [-0.15, -0.1) is 0 Å². The van der Waals surface area contributed by atoms with Crippen molar-refractivity contribution in [3.05, 3.63) is 93.5 Å². The number of hydrogen-bond acceptors (Lipinski definition) is 2. The normalized spacial score (nSPS) is 15.7. The van der Waals surface area contributed by atoms with Gasteiger partial charge in [0.05, 0.1) is 23.4 Å². The molecule has 2 heterocycles.